The summed E-state index contributed by atoms with van der Waals surface area (Å²) in [4.78, 5) is 0. The number of fused-ring (bicyclic) bond motifs is 2. The third-order valence-electron chi connectivity index (χ3n) is 4.86. The maximum atomic E-state index is 9.82. The van der Waals surface area contributed by atoms with Crippen molar-refractivity contribution in [3.8, 4) is 0 Å². The summed E-state index contributed by atoms with van der Waals surface area (Å²) in [5.74, 6) is 0. The number of piperidine rings is 1. The minimum absolute atomic E-state index is 0. The predicted molar refractivity (Wildman–Crippen MR) is 70.7 cm³/mol. The van der Waals surface area contributed by atoms with Gasteiger partial charge in [0, 0.05) is 31.0 Å². The highest BCUT2D eigenvalue weighted by molar-refractivity contribution is 9.09. The van der Waals surface area contributed by atoms with E-state index < -0.39 is 0 Å². The summed E-state index contributed by atoms with van der Waals surface area (Å²) in [5, 5.41) is 11.0. The van der Waals surface area contributed by atoms with Gasteiger partial charge in [0.25, 0.3) is 0 Å². The number of quaternary nitrogens is 1. The van der Waals surface area contributed by atoms with Crippen molar-refractivity contribution in [2.24, 2.45) is 0 Å². The van der Waals surface area contributed by atoms with Gasteiger partial charge in [0.1, 0.15) is 0 Å². The first-order valence-electron chi connectivity index (χ1n) is 6.75. The fraction of sp³-hybridized carbons (Fsp3) is 1.00. The minimum Gasteiger partial charge on any atom is -1.00 e. The normalized spacial score (nSPS) is 40.1. The van der Waals surface area contributed by atoms with Gasteiger partial charge in [0.15, 0.2) is 0 Å². The number of aliphatic hydroxyl groups excluding tert-OH is 1. The van der Waals surface area contributed by atoms with Gasteiger partial charge in [-0.3, -0.25) is 0 Å². The molecule has 0 spiro atoms. The number of hydrogen-bond donors (Lipinski definition) is 1. The van der Waals surface area contributed by atoms with Crippen LogP contribution in [0.1, 0.15) is 44.9 Å². The predicted octanol–water partition coefficient (Wildman–Crippen LogP) is -0.312. The maximum Gasteiger partial charge on any atom is 0.0917 e. The molecule has 1 N–H and O–H groups in total. The Morgan fingerprint density at radius 1 is 1.12 bits per heavy atom. The molecular weight excluding hydrogens is 346 g/mol. The van der Waals surface area contributed by atoms with Gasteiger partial charge in [-0.1, -0.05) is 15.9 Å². The van der Waals surface area contributed by atoms with Crippen LogP contribution in [0.3, 0.4) is 0 Å². The zero-order chi connectivity index (χ0) is 11.6. The Balaban J connectivity index is 0.00000144. The Bertz CT molecular complexity index is 223. The Morgan fingerprint density at radius 2 is 1.71 bits per heavy atom. The quantitative estimate of drug-likeness (QED) is 0.400. The van der Waals surface area contributed by atoms with Crippen LogP contribution < -0.4 is 17.0 Å². The zero-order valence-corrected chi connectivity index (χ0v) is 13.9. The van der Waals surface area contributed by atoms with Crippen LogP contribution in [0.15, 0.2) is 0 Å². The van der Waals surface area contributed by atoms with Crippen LogP contribution in [0, 0.1) is 0 Å². The van der Waals surface area contributed by atoms with E-state index in [0.717, 1.165) is 30.3 Å². The van der Waals surface area contributed by atoms with Crippen LogP contribution in [0.4, 0.5) is 0 Å². The molecule has 2 fully saturated rings. The Labute approximate surface area is 124 Å². The third-order valence-corrected chi connectivity index (χ3v) is 5.42. The van der Waals surface area contributed by atoms with Crippen LogP contribution >= 0.6 is 15.9 Å². The van der Waals surface area contributed by atoms with Crippen LogP contribution in [0.2, 0.25) is 0 Å². The average molecular weight is 371 g/mol. The molecule has 0 aliphatic carbocycles. The van der Waals surface area contributed by atoms with Crippen LogP contribution in [0.5, 0.6) is 0 Å². The minimum atomic E-state index is -0.00811. The number of halogens is 2. The molecule has 2 unspecified atom stereocenters. The van der Waals surface area contributed by atoms with Crippen LogP contribution in [-0.4, -0.2) is 46.7 Å². The molecule has 17 heavy (non-hydrogen) atoms. The molecule has 2 aliphatic heterocycles. The molecule has 0 saturated carbocycles. The fourth-order valence-electron chi connectivity index (χ4n) is 3.80. The van der Waals surface area contributed by atoms with E-state index in [-0.39, 0.29) is 23.1 Å². The van der Waals surface area contributed by atoms with Gasteiger partial charge in [-0.2, -0.15) is 0 Å². The lowest BCUT2D eigenvalue weighted by atomic mass is 9.96. The molecular formula is C13H25Br2NO. The van der Waals surface area contributed by atoms with Crippen molar-refractivity contribution in [3.63, 3.8) is 0 Å². The van der Waals surface area contributed by atoms with Crippen molar-refractivity contribution in [1.82, 2.24) is 0 Å². The smallest absolute Gasteiger partial charge is 0.0917 e. The van der Waals surface area contributed by atoms with E-state index in [0.29, 0.717) is 0 Å². The first kappa shape index (κ1) is 15.9. The molecule has 0 aromatic rings. The molecule has 2 atom stereocenters. The van der Waals surface area contributed by atoms with Crippen molar-refractivity contribution in [2.75, 3.05) is 18.9 Å². The SMILES string of the molecule is C[N+]1(CCCCCBr)C2CCC1CC(O)C2.[Br-]. The summed E-state index contributed by atoms with van der Waals surface area (Å²) in [6, 6.07) is 1.50. The number of unbranched alkanes of at least 4 members (excludes halogenated alkanes) is 2. The van der Waals surface area contributed by atoms with Crippen molar-refractivity contribution in [1.29, 1.82) is 0 Å². The molecule has 2 nitrogen and oxygen atoms in total. The first-order chi connectivity index (χ1) is 7.66. The number of hydrogen-bond acceptors (Lipinski definition) is 1. The summed E-state index contributed by atoms with van der Waals surface area (Å²) in [7, 11) is 2.43. The van der Waals surface area contributed by atoms with E-state index in [1.54, 1.807) is 0 Å². The number of nitrogens with zero attached hydrogens (tertiary/aromatic N) is 1. The van der Waals surface area contributed by atoms with Crippen LogP contribution in [-0.2, 0) is 0 Å². The highest BCUT2D eigenvalue weighted by Crippen LogP contribution is 2.41. The second-order valence-corrected chi connectivity index (χ2v) is 6.62. The van der Waals surface area contributed by atoms with Crippen molar-refractivity contribution >= 4 is 15.9 Å². The first-order valence-corrected chi connectivity index (χ1v) is 7.88. The molecule has 2 bridgehead atoms. The molecule has 102 valence electrons. The van der Waals surface area contributed by atoms with E-state index in [4.69, 9.17) is 0 Å². The monoisotopic (exact) mass is 369 g/mol. The lowest BCUT2D eigenvalue weighted by Crippen LogP contribution is -3.00. The molecule has 0 radical (unpaired) electrons. The van der Waals surface area contributed by atoms with Gasteiger partial charge in [-0.15, -0.1) is 0 Å². The Morgan fingerprint density at radius 3 is 2.24 bits per heavy atom. The van der Waals surface area contributed by atoms with Gasteiger partial charge in [0.05, 0.1) is 31.8 Å². The van der Waals surface area contributed by atoms with Gasteiger partial charge < -0.3 is 26.6 Å². The Kier molecular flexibility index (Phi) is 6.45. The second-order valence-electron chi connectivity index (χ2n) is 5.83. The molecule has 2 saturated heterocycles. The summed E-state index contributed by atoms with van der Waals surface area (Å²) >= 11 is 3.49. The molecule has 2 heterocycles. The second kappa shape index (κ2) is 6.88. The third kappa shape index (κ3) is 3.46. The number of rotatable bonds is 5. The van der Waals surface area contributed by atoms with E-state index >= 15 is 0 Å². The summed E-state index contributed by atoms with van der Waals surface area (Å²) in [5.41, 5.74) is 0. The standard InChI is InChI=1S/C13H25BrNO.BrH/c1-15(8-4-2-3-7-14)11-5-6-12(15)10-13(16)9-11;/h11-13,16H,2-10H2,1H3;1H/q+1;/p-1. The van der Waals surface area contributed by atoms with E-state index in [9.17, 15) is 5.11 Å². The highest BCUT2D eigenvalue weighted by atomic mass is 79.9. The van der Waals surface area contributed by atoms with Gasteiger partial charge in [-0.25, -0.2) is 0 Å². The topological polar surface area (TPSA) is 20.2 Å². The zero-order valence-electron chi connectivity index (χ0n) is 10.7. The van der Waals surface area contributed by atoms with Gasteiger partial charge in [-0.05, 0) is 19.3 Å². The molecule has 0 amide bonds. The molecule has 2 rings (SSSR count). The lowest BCUT2D eigenvalue weighted by Gasteiger charge is -2.46. The van der Waals surface area contributed by atoms with Gasteiger partial charge >= 0.3 is 0 Å². The number of alkyl halides is 1. The van der Waals surface area contributed by atoms with Gasteiger partial charge in [0.2, 0.25) is 0 Å². The molecule has 4 heteroatoms. The van der Waals surface area contributed by atoms with Crippen molar-refractivity contribution < 1.29 is 26.6 Å². The van der Waals surface area contributed by atoms with Crippen molar-refractivity contribution in [2.45, 2.75) is 63.1 Å². The Hall–Kier alpha value is 0.880. The largest absolute Gasteiger partial charge is 1.00 e. The fourth-order valence-corrected chi connectivity index (χ4v) is 4.20. The van der Waals surface area contributed by atoms with Crippen molar-refractivity contribution in [3.05, 3.63) is 0 Å². The summed E-state index contributed by atoms with van der Waals surface area (Å²) < 4.78 is 1.26. The highest BCUT2D eigenvalue weighted by Gasteiger charge is 2.50. The average Bonchev–Trinajstić information content (AvgIpc) is 2.46. The summed E-state index contributed by atoms with van der Waals surface area (Å²) in [6.45, 7) is 1.33. The number of aliphatic hydroxyl groups is 1. The lowest BCUT2D eigenvalue weighted by molar-refractivity contribution is -0.949. The molecule has 2 aliphatic rings. The molecule has 0 aromatic heterocycles. The summed E-state index contributed by atoms with van der Waals surface area (Å²) in [6.07, 6.45) is 8.78. The van der Waals surface area contributed by atoms with Crippen LogP contribution in [0.25, 0.3) is 0 Å². The maximum absolute atomic E-state index is 9.82. The molecule has 0 aromatic carbocycles. The van der Waals surface area contributed by atoms with E-state index in [1.807, 2.05) is 0 Å². The van der Waals surface area contributed by atoms with E-state index in [1.165, 1.54) is 43.1 Å². The van der Waals surface area contributed by atoms with E-state index in [2.05, 4.69) is 23.0 Å².